The Balaban J connectivity index is 4.51. The number of thiocarbonyl (C=S) groups is 2. The van der Waals surface area contributed by atoms with Gasteiger partial charge in [-0.25, -0.2) is 0 Å². The predicted molar refractivity (Wildman–Crippen MR) is 137 cm³/mol. The molecular weight excluding hydrogens is 409 g/mol. The Bertz CT molecular complexity index is 367. The third kappa shape index (κ3) is 15.0. The van der Waals surface area contributed by atoms with Crippen molar-refractivity contribution in [2.45, 2.75) is 98.3 Å². The molecule has 6 heteroatoms. The molecule has 160 valence electrons. The molecule has 0 aromatic rings. The Morgan fingerprint density at radius 2 is 0.815 bits per heavy atom. The lowest BCUT2D eigenvalue weighted by atomic mass is 10.2. The third-order valence-corrected chi connectivity index (χ3v) is 8.31. The van der Waals surface area contributed by atoms with E-state index >= 15 is 0 Å². The third-order valence-electron chi connectivity index (χ3n) is 4.58. The van der Waals surface area contributed by atoms with Crippen LogP contribution in [0, 0.1) is 0 Å². The molecule has 0 rings (SSSR count). The van der Waals surface area contributed by atoms with E-state index in [1.165, 1.54) is 70.6 Å². The lowest BCUT2D eigenvalue weighted by molar-refractivity contribution is 0.402. The summed E-state index contributed by atoms with van der Waals surface area (Å²) in [6.07, 6.45) is 13.7. The normalized spacial score (nSPS) is 10.8. The Hall–Kier alpha value is 0.480. The number of hydrogen-bond donors (Lipinski definition) is 0. The van der Waals surface area contributed by atoms with Gasteiger partial charge in [0, 0.05) is 26.2 Å². The summed E-state index contributed by atoms with van der Waals surface area (Å²) in [6, 6.07) is 0. The summed E-state index contributed by atoms with van der Waals surface area (Å²) in [4.78, 5) is 4.81. The Morgan fingerprint density at radius 1 is 0.519 bits per heavy atom. The zero-order valence-corrected chi connectivity index (χ0v) is 21.4. The number of unbranched alkanes of at least 4 members (excludes halogenated alkanes) is 7. The SMILES string of the molecule is CCCCCN(CCCC)C(=S)SSC(=S)N(CCCCC)CCCCC. The molecule has 0 fully saturated rings. The molecule has 0 heterocycles. The van der Waals surface area contributed by atoms with E-state index in [4.69, 9.17) is 24.4 Å². The van der Waals surface area contributed by atoms with Gasteiger partial charge in [0.2, 0.25) is 0 Å². The summed E-state index contributed by atoms with van der Waals surface area (Å²) in [5, 5.41) is 0. The molecule has 0 saturated carbocycles. The molecule has 0 aromatic heterocycles. The van der Waals surface area contributed by atoms with E-state index in [0.717, 1.165) is 34.8 Å². The van der Waals surface area contributed by atoms with Crippen molar-refractivity contribution < 1.29 is 0 Å². The number of hydrogen-bond acceptors (Lipinski definition) is 4. The van der Waals surface area contributed by atoms with Gasteiger partial charge in [-0.05, 0) is 47.3 Å². The standard InChI is InChI=1S/C21H42N2S4/c1-5-9-13-17-22(16-12-8-4)20(24)26-27-21(25)23(18-14-10-6-2)19-15-11-7-3/h5-19H2,1-4H3. The molecule has 0 amide bonds. The van der Waals surface area contributed by atoms with Crippen molar-refractivity contribution in [2.75, 3.05) is 26.2 Å². The maximum absolute atomic E-state index is 5.76. The highest BCUT2D eigenvalue weighted by Crippen LogP contribution is 2.29. The summed E-state index contributed by atoms with van der Waals surface area (Å²) in [5.41, 5.74) is 0. The maximum atomic E-state index is 5.76. The molecule has 0 unspecified atom stereocenters. The first-order chi connectivity index (χ1) is 13.1. The lowest BCUT2D eigenvalue weighted by Crippen LogP contribution is -2.31. The fourth-order valence-corrected chi connectivity index (χ4v) is 5.53. The summed E-state index contributed by atoms with van der Waals surface area (Å²) in [5.74, 6) is 0. The molecule has 0 aliphatic rings. The molecule has 27 heavy (non-hydrogen) atoms. The van der Waals surface area contributed by atoms with Crippen molar-refractivity contribution in [3.63, 3.8) is 0 Å². The van der Waals surface area contributed by atoms with Crippen LogP contribution in [0.2, 0.25) is 0 Å². The molecular formula is C21H42N2S4. The second-order valence-electron chi connectivity index (χ2n) is 7.15. The van der Waals surface area contributed by atoms with Crippen LogP contribution in [0.1, 0.15) is 98.3 Å². The van der Waals surface area contributed by atoms with Crippen LogP contribution in [0.5, 0.6) is 0 Å². The van der Waals surface area contributed by atoms with Crippen molar-refractivity contribution in [2.24, 2.45) is 0 Å². The van der Waals surface area contributed by atoms with Crippen LogP contribution in [0.4, 0.5) is 0 Å². The minimum absolute atomic E-state index is 1.01. The minimum atomic E-state index is 1.01. The van der Waals surface area contributed by atoms with Gasteiger partial charge in [0.1, 0.15) is 8.64 Å². The van der Waals surface area contributed by atoms with Crippen LogP contribution in [-0.2, 0) is 0 Å². The van der Waals surface area contributed by atoms with Gasteiger partial charge in [0.05, 0.1) is 0 Å². The zero-order valence-electron chi connectivity index (χ0n) is 18.1. The monoisotopic (exact) mass is 450 g/mol. The minimum Gasteiger partial charge on any atom is -0.357 e. The van der Waals surface area contributed by atoms with Gasteiger partial charge in [-0.1, -0.05) is 97.1 Å². The maximum Gasteiger partial charge on any atom is 0.147 e. The van der Waals surface area contributed by atoms with Gasteiger partial charge in [-0.3, -0.25) is 0 Å². The highest BCUT2D eigenvalue weighted by atomic mass is 33.1. The quantitative estimate of drug-likeness (QED) is 0.141. The highest BCUT2D eigenvalue weighted by Gasteiger charge is 2.15. The van der Waals surface area contributed by atoms with Crippen molar-refractivity contribution in [3.05, 3.63) is 0 Å². The van der Waals surface area contributed by atoms with Crippen LogP contribution >= 0.6 is 46.0 Å². The second kappa shape index (κ2) is 19.8. The smallest absolute Gasteiger partial charge is 0.147 e. The van der Waals surface area contributed by atoms with E-state index in [2.05, 4.69) is 37.5 Å². The Morgan fingerprint density at radius 3 is 1.11 bits per heavy atom. The van der Waals surface area contributed by atoms with Crippen molar-refractivity contribution in [3.8, 4) is 0 Å². The molecule has 0 atom stereocenters. The van der Waals surface area contributed by atoms with Crippen LogP contribution in [0.3, 0.4) is 0 Å². The fourth-order valence-electron chi connectivity index (χ4n) is 2.77. The average molecular weight is 451 g/mol. The van der Waals surface area contributed by atoms with Gasteiger partial charge in [-0.2, -0.15) is 0 Å². The largest absolute Gasteiger partial charge is 0.357 e. The van der Waals surface area contributed by atoms with Gasteiger partial charge in [0.15, 0.2) is 0 Å². The van der Waals surface area contributed by atoms with Gasteiger partial charge < -0.3 is 9.80 Å². The fraction of sp³-hybridized carbons (Fsp3) is 0.905. The topological polar surface area (TPSA) is 6.48 Å². The van der Waals surface area contributed by atoms with Crippen LogP contribution in [0.25, 0.3) is 0 Å². The van der Waals surface area contributed by atoms with Gasteiger partial charge >= 0.3 is 0 Å². The number of rotatable bonds is 15. The molecule has 0 N–H and O–H groups in total. The molecule has 0 aromatic carbocycles. The molecule has 0 spiro atoms. The van der Waals surface area contributed by atoms with Crippen molar-refractivity contribution in [1.29, 1.82) is 0 Å². The van der Waals surface area contributed by atoms with E-state index in [0.29, 0.717) is 0 Å². The number of nitrogens with zero attached hydrogens (tertiary/aromatic N) is 2. The molecule has 0 radical (unpaired) electrons. The van der Waals surface area contributed by atoms with Gasteiger partial charge in [0.25, 0.3) is 0 Å². The first kappa shape index (κ1) is 27.5. The Kier molecular flexibility index (Phi) is 20.1. The summed E-state index contributed by atoms with van der Waals surface area (Å²) < 4.78 is 2.02. The molecule has 0 aliphatic heterocycles. The van der Waals surface area contributed by atoms with Crippen LogP contribution in [0.15, 0.2) is 0 Å². The van der Waals surface area contributed by atoms with Crippen LogP contribution in [-0.4, -0.2) is 44.6 Å². The molecule has 0 bridgehead atoms. The summed E-state index contributed by atoms with van der Waals surface area (Å²) in [7, 11) is 3.40. The first-order valence-corrected chi connectivity index (χ1v) is 14.0. The average Bonchev–Trinajstić information content (AvgIpc) is 2.67. The van der Waals surface area contributed by atoms with Crippen molar-refractivity contribution >= 4 is 54.7 Å². The molecule has 2 nitrogen and oxygen atoms in total. The van der Waals surface area contributed by atoms with Crippen molar-refractivity contribution in [1.82, 2.24) is 9.80 Å². The van der Waals surface area contributed by atoms with Crippen LogP contribution < -0.4 is 0 Å². The first-order valence-electron chi connectivity index (χ1n) is 11.0. The van der Waals surface area contributed by atoms with E-state index in [1.54, 1.807) is 21.6 Å². The van der Waals surface area contributed by atoms with E-state index in [9.17, 15) is 0 Å². The van der Waals surface area contributed by atoms with E-state index in [-0.39, 0.29) is 0 Å². The van der Waals surface area contributed by atoms with E-state index in [1.807, 2.05) is 0 Å². The molecule has 0 aliphatic carbocycles. The summed E-state index contributed by atoms with van der Waals surface area (Å²) in [6.45, 7) is 13.4. The van der Waals surface area contributed by atoms with Gasteiger partial charge in [-0.15, -0.1) is 0 Å². The summed E-state index contributed by atoms with van der Waals surface area (Å²) >= 11 is 11.5. The molecule has 0 saturated heterocycles. The van der Waals surface area contributed by atoms with E-state index < -0.39 is 0 Å². The predicted octanol–water partition coefficient (Wildman–Crippen LogP) is 7.91. The zero-order chi connectivity index (χ0) is 20.3. The Labute approximate surface area is 188 Å². The lowest BCUT2D eigenvalue weighted by Gasteiger charge is -2.27. The second-order valence-corrected chi connectivity index (χ2v) is 10.5. The highest BCUT2D eigenvalue weighted by molar-refractivity contribution is 8.89.